The van der Waals surface area contributed by atoms with Crippen molar-refractivity contribution in [3.63, 3.8) is 0 Å². The highest BCUT2D eigenvalue weighted by molar-refractivity contribution is 5.80. The Morgan fingerprint density at radius 3 is 2.83 bits per heavy atom. The molecule has 7 heteroatoms. The van der Waals surface area contributed by atoms with Gasteiger partial charge in [0, 0.05) is 50.3 Å². The van der Waals surface area contributed by atoms with E-state index in [1.54, 1.807) is 0 Å². The zero-order valence-corrected chi connectivity index (χ0v) is 14.7. The average molecular weight is 320 g/mol. The summed E-state index contributed by atoms with van der Waals surface area (Å²) in [6, 6.07) is 0.305. The number of amides is 1. The summed E-state index contributed by atoms with van der Waals surface area (Å²) >= 11 is 0. The van der Waals surface area contributed by atoms with Crippen molar-refractivity contribution < 1.29 is 4.79 Å². The summed E-state index contributed by atoms with van der Waals surface area (Å²) in [6.07, 6.45) is 3.33. The minimum absolute atomic E-state index is 0.0105. The predicted octanol–water partition coefficient (Wildman–Crippen LogP) is 0.951. The third-order valence-corrected chi connectivity index (χ3v) is 4.79. The van der Waals surface area contributed by atoms with Crippen LogP contribution in [0.1, 0.15) is 44.0 Å². The van der Waals surface area contributed by atoms with Gasteiger partial charge in [0.1, 0.15) is 0 Å². The van der Waals surface area contributed by atoms with E-state index in [9.17, 15) is 4.79 Å². The summed E-state index contributed by atoms with van der Waals surface area (Å²) < 4.78 is 1.84. The van der Waals surface area contributed by atoms with Crippen LogP contribution in [0.5, 0.6) is 0 Å². The smallest absolute Gasteiger partial charge is 0.223 e. The monoisotopic (exact) mass is 320 g/mol. The minimum Gasteiger partial charge on any atom is -0.370 e. The molecule has 2 rings (SSSR count). The highest BCUT2D eigenvalue weighted by Gasteiger charge is 2.39. The Kier molecular flexibility index (Phi) is 5.28. The first kappa shape index (κ1) is 17.3. The number of aryl methyl sites for hydroxylation is 1. The quantitative estimate of drug-likeness (QED) is 0.624. The first-order valence-electron chi connectivity index (χ1n) is 8.15. The number of aromatic nitrogens is 2. The Labute approximate surface area is 137 Å². The van der Waals surface area contributed by atoms with Gasteiger partial charge < -0.3 is 16.0 Å². The number of hydrogen-bond acceptors (Lipinski definition) is 3. The van der Waals surface area contributed by atoms with E-state index in [0.29, 0.717) is 25.0 Å². The number of hydrogen-bond donors (Lipinski definition) is 2. The van der Waals surface area contributed by atoms with E-state index in [4.69, 9.17) is 5.73 Å². The lowest BCUT2D eigenvalue weighted by molar-refractivity contribution is -0.127. The standard InChI is InChI=1S/C16H28N6O/c1-6-10(2)20-16(17)18-8-12-7-14(23)21(4)15(12)13-9-19-22(5)11(13)3/h9-10,12,15H,6-8H2,1-5H3,(H3,17,18,20)/t10?,12-,15+/m0/s1. The first-order chi connectivity index (χ1) is 10.8. The molecule has 0 bridgehead atoms. The minimum atomic E-state index is 0.0105. The normalized spacial score (nSPS) is 23.4. The molecule has 1 saturated heterocycles. The third kappa shape index (κ3) is 3.65. The number of nitrogens with zero attached hydrogens (tertiary/aromatic N) is 4. The second-order valence-electron chi connectivity index (χ2n) is 6.40. The lowest BCUT2D eigenvalue weighted by Gasteiger charge is -2.24. The fourth-order valence-corrected chi connectivity index (χ4v) is 3.00. The van der Waals surface area contributed by atoms with Crippen LogP contribution in [-0.2, 0) is 11.8 Å². The number of aliphatic imine (C=N–C) groups is 1. The number of carbonyl (C=O) groups is 1. The predicted molar refractivity (Wildman–Crippen MR) is 90.9 cm³/mol. The molecular formula is C16H28N6O. The van der Waals surface area contributed by atoms with Crippen molar-refractivity contribution in [3.8, 4) is 0 Å². The van der Waals surface area contributed by atoms with Crippen LogP contribution in [0.15, 0.2) is 11.2 Å². The maximum absolute atomic E-state index is 12.2. The van der Waals surface area contributed by atoms with Gasteiger partial charge in [0.2, 0.25) is 5.91 Å². The van der Waals surface area contributed by atoms with Crippen molar-refractivity contribution in [3.05, 3.63) is 17.5 Å². The Hall–Kier alpha value is -2.05. The molecular weight excluding hydrogens is 292 g/mol. The van der Waals surface area contributed by atoms with Gasteiger partial charge in [-0.25, -0.2) is 0 Å². The van der Waals surface area contributed by atoms with Crippen LogP contribution in [0.2, 0.25) is 0 Å². The molecule has 0 spiro atoms. The van der Waals surface area contributed by atoms with Crippen molar-refractivity contribution in [2.24, 2.45) is 23.7 Å². The van der Waals surface area contributed by atoms with Crippen LogP contribution in [0.3, 0.4) is 0 Å². The van der Waals surface area contributed by atoms with Crippen LogP contribution in [0.4, 0.5) is 0 Å². The molecule has 0 aliphatic carbocycles. The highest BCUT2D eigenvalue weighted by atomic mass is 16.2. The van der Waals surface area contributed by atoms with E-state index in [1.165, 1.54) is 0 Å². The Morgan fingerprint density at radius 2 is 2.26 bits per heavy atom. The number of guanidine groups is 1. The van der Waals surface area contributed by atoms with E-state index in [0.717, 1.165) is 17.7 Å². The number of carbonyl (C=O) groups excluding carboxylic acids is 1. The zero-order valence-electron chi connectivity index (χ0n) is 14.7. The molecule has 1 amide bonds. The summed E-state index contributed by atoms with van der Waals surface area (Å²) in [5, 5.41) is 7.46. The van der Waals surface area contributed by atoms with E-state index in [1.807, 2.05) is 36.8 Å². The van der Waals surface area contributed by atoms with Crippen LogP contribution in [0, 0.1) is 12.8 Å². The summed E-state index contributed by atoms with van der Waals surface area (Å²) in [4.78, 5) is 18.4. The van der Waals surface area contributed by atoms with Gasteiger partial charge in [0.15, 0.2) is 5.96 Å². The Balaban J connectivity index is 2.15. The fraction of sp³-hybridized carbons (Fsp3) is 0.688. The summed E-state index contributed by atoms with van der Waals surface area (Å²) in [5.74, 6) is 0.711. The summed E-state index contributed by atoms with van der Waals surface area (Å²) in [7, 11) is 3.76. The van der Waals surface area contributed by atoms with Crippen molar-refractivity contribution >= 4 is 11.9 Å². The van der Waals surface area contributed by atoms with Gasteiger partial charge in [-0.15, -0.1) is 0 Å². The van der Waals surface area contributed by atoms with Gasteiger partial charge in [-0.3, -0.25) is 14.5 Å². The maximum Gasteiger partial charge on any atom is 0.223 e. The van der Waals surface area contributed by atoms with E-state index >= 15 is 0 Å². The zero-order chi connectivity index (χ0) is 17.1. The molecule has 128 valence electrons. The van der Waals surface area contributed by atoms with Crippen molar-refractivity contribution in [2.75, 3.05) is 13.6 Å². The van der Waals surface area contributed by atoms with Crippen LogP contribution in [-0.4, -0.2) is 46.2 Å². The summed E-state index contributed by atoms with van der Waals surface area (Å²) in [6.45, 7) is 6.72. The van der Waals surface area contributed by atoms with E-state index < -0.39 is 0 Å². The Morgan fingerprint density at radius 1 is 1.57 bits per heavy atom. The number of nitrogens with two attached hydrogens (primary N) is 1. The van der Waals surface area contributed by atoms with Crippen molar-refractivity contribution in [1.29, 1.82) is 0 Å². The van der Waals surface area contributed by atoms with Gasteiger partial charge in [0.05, 0.1) is 12.2 Å². The average Bonchev–Trinajstić information content (AvgIpc) is 2.98. The highest BCUT2D eigenvalue weighted by Crippen LogP contribution is 2.38. The molecule has 2 heterocycles. The molecule has 0 radical (unpaired) electrons. The van der Waals surface area contributed by atoms with E-state index in [-0.39, 0.29) is 17.9 Å². The fourth-order valence-electron chi connectivity index (χ4n) is 3.00. The maximum atomic E-state index is 12.2. The molecule has 0 aromatic carbocycles. The lowest BCUT2D eigenvalue weighted by Crippen LogP contribution is -2.38. The molecule has 23 heavy (non-hydrogen) atoms. The van der Waals surface area contributed by atoms with Gasteiger partial charge in [-0.2, -0.15) is 5.10 Å². The number of rotatable bonds is 5. The topological polar surface area (TPSA) is 88.5 Å². The number of likely N-dealkylation sites (tertiary alicyclic amines) is 1. The third-order valence-electron chi connectivity index (χ3n) is 4.79. The van der Waals surface area contributed by atoms with Crippen LogP contribution in [0.25, 0.3) is 0 Å². The second kappa shape index (κ2) is 7.02. The molecule has 3 atom stereocenters. The van der Waals surface area contributed by atoms with Crippen LogP contribution >= 0.6 is 0 Å². The van der Waals surface area contributed by atoms with Crippen molar-refractivity contribution in [1.82, 2.24) is 20.0 Å². The molecule has 1 aromatic rings. The first-order valence-corrected chi connectivity index (χ1v) is 8.15. The largest absolute Gasteiger partial charge is 0.370 e. The SMILES string of the molecule is CCC(C)NC(N)=NC[C@@H]1CC(=O)N(C)[C@H]1c1cnn(C)c1C. The van der Waals surface area contributed by atoms with Gasteiger partial charge >= 0.3 is 0 Å². The van der Waals surface area contributed by atoms with Gasteiger partial charge in [-0.05, 0) is 20.3 Å². The molecule has 7 nitrogen and oxygen atoms in total. The van der Waals surface area contributed by atoms with Gasteiger partial charge in [-0.1, -0.05) is 6.92 Å². The molecule has 1 aromatic heterocycles. The Bertz CT molecular complexity index is 593. The molecule has 1 aliphatic heterocycles. The molecule has 0 saturated carbocycles. The van der Waals surface area contributed by atoms with Crippen molar-refractivity contribution in [2.45, 2.75) is 45.7 Å². The molecule has 3 N–H and O–H groups in total. The second-order valence-corrected chi connectivity index (χ2v) is 6.40. The lowest BCUT2D eigenvalue weighted by atomic mass is 9.94. The van der Waals surface area contributed by atoms with Crippen LogP contribution < -0.4 is 11.1 Å². The molecule has 1 unspecified atom stereocenters. The van der Waals surface area contributed by atoms with E-state index in [2.05, 4.69) is 29.3 Å². The number of nitrogens with one attached hydrogen (secondary N) is 1. The summed E-state index contributed by atoms with van der Waals surface area (Å²) in [5.41, 5.74) is 8.11. The molecule has 1 fully saturated rings. The molecule has 1 aliphatic rings. The van der Waals surface area contributed by atoms with Gasteiger partial charge in [0.25, 0.3) is 0 Å².